The molecule has 1 aliphatic rings. The minimum atomic E-state index is -0.113. The van der Waals surface area contributed by atoms with E-state index < -0.39 is 0 Å². The van der Waals surface area contributed by atoms with Crippen molar-refractivity contribution in [2.75, 3.05) is 20.2 Å². The lowest BCUT2D eigenvalue weighted by Gasteiger charge is -2.32. The van der Waals surface area contributed by atoms with E-state index in [1.807, 2.05) is 0 Å². The van der Waals surface area contributed by atoms with Crippen LogP contribution in [0, 0.1) is 0 Å². The van der Waals surface area contributed by atoms with E-state index in [0.717, 1.165) is 25.4 Å². The quantitative estimate of drug-likeness (QED) is 0.662. The van der Waals surface area contributed by atoms with Gasteiger partial charge in [0.2, 0.25) is 0 Å². The molecule has 0 aromatic rings. The monoisotopic (exact) mass is 228 g/mol. The van der Waals surface area contributed by atoms with Crippen LogP contribution < -0.4 is 5.32 Å². The third kappa shape index (κ3) is 4.81. The second-order valence-electron chi connectivity index (χ2n) is 5.83. The summed E-state index contributed by atoms with van der Waals surface area (Å²) in [7, 11) is 2.21. The SMILES string of the molecule is CC(C)NC(C)(CO)CCCN(C)C1CC1. The molecule has 1 fully saturated rings. The topological polar surface area (TPSA) is 35.5 Å². The van der Waals surface area contributed by atoms with E-state index in [1.165, 1.54) is 12.8 Å². The Balaban J connectivity index is 2.21. The zero-order valence-corrected chi connectivity index (χ0v) is 11.3. The smallest absolute Gasteiger partial charge is 0.0610 e. The highest BCUT2D eigenvalue weighted by atomic mass is 16.3. The maximum atomic E-state index is 9.44. The van der Waals surface area contributed by atoms with Crippen LogP contribution in [0.5, 0.6) is 0 Å². The molecule has 0 aliphatic heterocycles. The van der Waals surface area contributed by atoms with E-state index in [9.17, 15) is 5.11 Å². The molecule has 0 spiro atoms. The summed E-state index contributed by atoms with van der Waals surface area (Å²) in [6.45, 7) is 7.75. The van der Waals surface area contributed by atoms with Crippen molar-refractivity contribution in [3.05, 3.63) is 0 Å². The van der Waals surface area contributed by atoms with E-state index in [-0.39, 0.29) is 12.1 Å². The fraction of sp³-hybridized carbons (Fsp3) is 1.00. The maximum Gasteiger partial charge on any atom is 0.0610 e. The number of hydrogen-bond donors (Lipinski definition) is 2. The van der Waals surface area contributed by atoms with Crippen molar-refractivity contribution >= 4 is 0 Å². The van der Waals surface area contributed by atoms with Crippen LogP contribution in [-0.2, 0) is 0 Å². The van der Waals surface area contributed by atoms with Crippen LogP contribution >= 0.6 is 0 Å². The van der Waals surface area contributed by atoms with Crippen LogP contribution in [0.2, 0.25) is 0 Å². The van der Waals surface area contributed by atoms with Crippen LogP contribution in [0.1, 0.15) is 46.5 Å². The van der Waals surface area contributed by atoms with Gasteiger partial charge in [0.05, 0.1) is 6.61 Å². The molecule has 0 saturated heterocycles. The van der Waals surface area contributed by atoms with Crippen molar-refractivity contribution in [2.24, 2.45) is 0 Å². The second-order valence-corrected chi connectivity index (χ2v) is 5.83. The molecule has 0 heterocycles. The summed E-state index contributed by atoms with van der Waals surface area (Å²) in [4.78, 5) is 2.45. The Morgan fingerprint density at radius 1 is 1.44 bits per heavy atom. The van der Waals surface area contributed by atoms with Gasteiger partial charge in [0, 0.05) is 17.6 Å². The Labute approximate surface area is 100 Å². The maximum absolute atomic E-state index is 9.44. The lowest BCUT2D eigenvalue weighted by molar-refractivity contribution is 0.150. The van der Waals surface area contributed by atoms with E-state index >= 15 is 0 Å². The van der Waals surface area contributed by atoms with Gasteiger partial charge in [-0.25, -0.2) is 0 Å². The number of rotatable bonds is 8. The lowest BCUT2D eigenvalue weighted by Crippen LogP contribution is -2.49. The summed E-state index contributed by atoms with van der Waals surface area (Å²) < 4.78 is 0. The Morgan fingerprint density at radius 3 is 2.50 bits per heavy atom. The van der Waals surface area contributed by atoms with Crippen LogP contribution in [0.25, 0.3) is 0 Å². The second kappa shape index (κ2) is 5.99. The van der Waals surface area contributed by atoms with Gasteiger partial charge in [-0.05, 0) is 46.2 Å². The fourth-order valence-electron chi connectivity index (χ4n) is 2.31. The summed E-state index contributed by atoms with van der Waals surface area (Å²) >= 11 is 0. The first-order valence-corrected chi connectivity index (χ1v) is 6.55. The Hall–Kier alpha value is -0.120. The standard InChI is InChI=1S/C13H28N2O/c1-11(2)14-13(3,10-16)8-5-9-15(4)12-6-7-12/h11-12,14,16H,5-10H2,1-4H3. The highest BCUT2D eigenvalue weighted by Crippen LogP contribution is 2.25. The normalized spacial score (nSPS) is 20.4. The largest absolute Gasteiger partial charge is 0.394 e. The molecule has 2 N–H and O–H groups in total. The van der Waals surface area contributed by atoms with E-state index in [0.29, 0.717) is 6.04 Å². The molecule has 3 heteroatoms. The molecule has 0 aromatic carbocycles. The molecule has 0 bridgehead atoms. The van der Waals surface area contributed by atoms with Crippen molar-refractivity contribution in [1.29, 1.82) is 0 Å². The molecule has 0 aromatic heterocycles. The number of aliphatic hydroxyl groups excluding tert-OH is 1. The van der Waals surface area contributed by atoms with Gasteiger partial charge >= 0.3 is 0 Å². The molecule has 1 aliphatic carbocycles. The van der Waals surface area contributed by atoms with Gasteiger partial charge in [0.25, 0.3) is 0 Å². The zero-order valence-electron chi connectivity index (χ0n) is 11.3. The van der Waals surface area contributed by atoms with Crippen LogP contribution in [0.4, 0.5) is 0 Å². The number of nitrogens with zero attached hydrogens (tertiary/aromatic N) is 1. The van der Waals surface area contributed by atoms with Gasteiger partial charge in [0.1, 0.15) is 0 Å². The summed E-state index contributed by atoms with van der Waals surface area (Å²) in [6.07, 6.45) is 4.94. The van der Waals surface area contributed by atoms with E-state index in [4.69, 9.17) is 0 Å². The number of hydrogen-bond acceptors (Lipinski definition) is 3. The fourth-order valence-corrected chi connectivity index (χ4v) is 2.31. The first kappa shape index (κ1) is 13.9. The molecule has 1 rings (SSSR count). The van der Waals surface area contributed by atoms with Gasteiger partial charge in [-0.15, -0.1) is 0 Å². The van der Waals surface area contributed by atoms with E-state index in [2.05, 4.69) is 38.0 Å². The molecule has 1 saturated carbocycles. The van der Waals surface area contributed by atoms with Gasteiger partial charge in [0.15, 0.2) is 0 Å². The molecule has 16 heavy (non-hydrogen) atoms. The van der Waals surface area contributed by atoms with Crippen molar-refractivity contribution in [1.82, 2.24) is 10.2 Å². The molecular formula is C13H28N2O. The predicted octanol–water partition coefficient (Wildman–Crippen LogP) is 1.61. The minimum Gasteiger partial charge on any atom is -0.394 e. The molecule has 3 nitrogen and oxygen atoms in total. The third-order valence-electron chi connectivity index (χ3n) is 3.40. The van der Waals surface area contributed by atoms with Crippen LogP contribution in [-0.4, -0.2) is 47.8 Å². The molecule has 1 atom stereocenters. The van der Waals surface area contributed by atoms with Crippen molar-refractivity contribution < 1.29 is 5.11 Å². The summed E-state index contributed by atoms with van der Waals surface area (Å²) in [5, 5.41) is 12.9. The average Bonchev–Trinajstić information content (AvgIpc) is 2.99. The summed E-state index contributed by atoms with van der Waals surface area (Å²) in [5.41, 5.74) is -0.113. The highest BCUT2D eigenvalue weighted by Gasteiger charge is 2.27. The average molecular weight is 228 g/mol. The van der Waals surface area contributed by atoms with Gasteiger partial charge in [-0.2, -0.15) is 0 Å². The number of aliphatic hydroxyl groups is 1. The van der Waals surface area contributed by atoms with Crippen molar-refractivity contribution in [2.45, 2.75) is 64.1 Å². The molecule has 0 radical (unpaired) electrons. The predicted molar refractivity (Wildman–Crippen MR) is 68.6 cm³/mol. The molecule has 96 valence electrons. The Morgan fingerprint density at radius 2 is 2.06 bits per heavy atom. The summed E-state index contributed by atoms with van der Waals surface area (Å²) in [5.74, 6) is 0. The summed E-state index contributed by atoms with van der Waals surface area (Å²) in [6, 6.07) is 1.27. The van der Waals surface area contributed by atoms with E-state index in [1.54, 1.807) is 0 Å². The van der Waals surface area contributed by atoms with Crippen molar-refractivity contribution in [3.63, 3.8) is 0 Å². The molecule has 1 unspecified atom stereocenters. The van der Waals surface area contributed by atoms with Crippen LogP contribution in [0.15, 0.2) is 0 Å². The zero-order chi connectivity index (χ0) is 12.2. The first-order valence-electron chi connectivity index (χ1n) is 6.55. The molecular weight excluding hydrogens is 200 g/mol. The third-order valence-corrected chi connectivity index (χ3v) is 3.40. The van der Waals surface area contributed by atoms with Gasteiger partial charge < -0.3 is 15.3 Å². The lowest BCUT2D eigenvalue weighted by atomic mass is 9.95. The van der Waals surface area contributed by atoms with Crippen molar-refractivity contribution in [3.8, 4) is 0 Å². The van der Waals surface area contributed by atoms with Gasteiger partial charge in [-0.3, -0.25) is 0 Å². The Kier molecular flexibility index (Phi) is 5.22. The van der Waals surface area contributed by atoms with Crippen LogP contribution in [0.3, 0.4) is 0 Å². The first-order chi connectivity index (χ1) is 7.47. The number of nitrogens with one attached hydrogen (secondary N) is 1. The molecule has 0 amide bonds. The highest BCUT2D eigenvalue weighted by molar-refractivity contribution is 4.86. The van der Waals surface area contributed by atoms with Gasteiger partial charge in [-0.1, -0.05) is 13.8 Å². The Bertz CT molecular complexity index is 204. The minimum absolute atomic E-state index is 0.113.